The molecule has 4 rings (SSSR count). The monoisotopic (exact) mass is 384 g/mol. The van der Waals surface area contributed by atoms with E-state index < -0.39 is 5.91 Å². The summed E-state index contributed by atoms with van der Waals surface area (Å²) in [6.45, 7) is 0. The molecule has 29 heavy (non-hydrogen) atoms. The van der Waals surface area contributed by atoms with Crippen LogP contribution in [0.1, 0.15) is 15.9 Å². The first-order chi connectivity index (χ1) is 14.1. The third-order valence-electron chi connectivity index (χ3n) is 4.33. The minimum Gasteiger partial charge on any atom is -0.504 e. The van der Waals surface area contributed by atoms with Gasteiger partial charge in [0.2, 0.25) is 0 Å². The van der Waals surface area contributed by atoms with Crippen LogP contribution < -0.4 is 5.43 Å². The van der Waals surface area contributed by atoms with Crippen LogP contribution in [-0.4, -0.2) is 32.3 Å². The number of rotatable bonds is 4. The summed E-state index contributed by atoms with van der Waals surface area (Å²) in [5.74, 6) is -0.995. The zero-order valence-electron chi connectivity index (χ0n) is 15.1. The highest BCUT2D eigenvalue weighted by atomic mass is 16.3. The number of para-hydroxylation sites is 2. The average Bonchev–Trinajstić information content (AvgIpc) is 2.76. The van der Waals surface area contributed by atoms with Crippen LogP contribution in [0.3, 0.4) is 0 Å². The molecule has 0 aliphatic heterocycles. The first-order valence-electron chi connectivity index (χ1n) is 8.78. The van der Waals surface area contributed by atoms with E-state index in [-0.39, 0.29) is 17.1 Å². The molecule has 3 N–H and O–H groups in total. The lowest BCUT2D eigenvalue weighted by Gasteiger charge is -2.09. The van der Waals surface area contributed by atoms with Gasteiger partial charge in [-0.3, -0.25) is 9.78 Å². The maximum Gasteiger partial charge on any atom is 0.272 e. The third kappa shape index (κ3) is 3.74. The standard InChI is InChI=1S/C22H16N4O3/c27-20-9-3-5-15(21(20)28)13-24-26-22(29)17-11-19(14-6-4-10-23-12-14)25-18-8-2-1-7-16(17)18/h1-13,27-28H,(H,26,29). The second-order valence-corrected chi connectivity index (χ2v) is 6.23. The number of phenols is 2. The number of nitrogens with zero attached hydrogens (tertiary/aromatic N) is 3. The molecule has 0 atom stereocenters. The quantitative estimate of drug-likeness (QED) is 0.284. The predicted molar refractivity (Wildman–Crippen MR) is 110 cm³/mol. The number of aromatic nitrogens is 2. The molecule has 0 radical (unpaired) electrons. The fraction of sp³-hybridized carbons (Fsp3) is 0. The van der Waals surface area contributed by atoms with Gasteiger partial charge < -0.3 is 10.2 Å². The predicted octanol–water partition coefficient (Wildman–Crippen LogP) is 3.47. The summed E-state index contributed by atoms with van der Waals surface area (Å²) in [5.41, 5.74) is 5.24. The van der Waals surface area contributed by atoms with E-state index in [0.717, 1.165) is 5.56 Å². The highest BCUT2D eigenvalue weighted by Gasteiger charge is 2.13. The third-order valence-corrected chi connectivity index (χ3v) is 4.33. The van der Waals surface area contributed by atoms with Crippen LogP contribution in [-0.2, 0) is 0 Å². The lowest BCUT2D eigenvalue weighted by Crippen LogP contribution is -2.18. The van der Waals surface area contributed by atoms with Gasteiger partial charge in [0.1, 0.15) is 0 Å². The molecule has 4 aromatic rings. The number of pyridine rings is 2. The molecule has 2 aromatic heterocycles. The van der Waals surface area contributed by atoms with Gasteiger partial charge in [0.05, 0.1) is 23.0 Å². The summed E-state index contributed by atoms with van der Waals surface area (Å²) in [4.78, 5) is 21.5. The largest absolute Gasteiger partial charge is 0.504 e. The molecular weight excluding hydrogens is 368 g/mol. The number of hydrogen-bond acceptors (Lipinski definition) is 6. The van der Waals surface area contributed by atoms with Crippen LogP contribution in [0.5, 0.6) is 11.5 Å². The minimum absolute atomic E-state index is 0.262. The molecule has 0 saturated heterocycles. The van der Waals surface area contributed by atoms with E-state index in [1.807, 2.05) is 30.3 Å². The lowest BCUT2D eigenvalue weighted by molar-refractivity contribution is 0.0956. The van der Waals surface area contributed by atoms with Crippen molar-refractivity contribution in [3.05, 3.63) is 84.2 Å². The Hall–Kier alpha value is -4.26. The Morgan fingerprint density at radius 1 is 1.03 bits per heavy atom. The average molecular weight is 384 g/mol. The van der Waals surface area contributed by atoms with Crippen LogP contribution in [0.25, 0.3) is 22.2 Å². The molecule has 2 aromatic carbocycles. The highest BCUT2D eigenvalue weighted by molar-refractivity contribution is 6.07. The molecule has 142 valence electrons. The van der Waals surface area contributed by atoms with Crippen molar-refractivity contribution >= 4 is 23.0 Å². The zero-order valence-corrected chi connectivity index (χ0v) is 15.1. The molecule has 2 heterocycles. The summed E-state index contributed by atoms with van der Waals surface area (Å²) in [6.07, 6.45) is 4.61. The number of carbonyl (C=O) groups is 1. The molecule has 7 nitrogen and oxygen atoms in total. The number of fused-ring (bicyclic) bond motifs is 1. The second kappa shape index (κ2) is 7.77. The summed E-state index contributed by atoms with van der Waals surface area (Å²) >= 11 is 0. The van der Waals surface area contributed by atoms with Gasteiger partial charge in [-0.25, -0.2) is 10.4 Å². The van der Waals surface area contributed by atoms with E-state index in [1.165, 1.54) is 12.3 Å². The van der Waals surface area contributed by atoms with Crippen molar-refractivity contribution in [2.24, 2.45) is 5.10 Å². The molecule has 7 heteroatoms. The number of carbonyl (C=O) groups excluding carboxylic acids is 1. The van der Waals surface area contributed by atoms with Crippen molar-refractivity contribution in [1.29, 1.82) is 0 Å². The normalized spacial score (nSPS) is 11.0. The Morgan fingerprint density at radius 3 is 2.72 bits per heavy atom. The van der Waals surface area contributed by atoms with Gasteiger partial charge in [0, 0.05) is 28.9 Å². The van der Waals surface area contributed by atoms with Gasteiger partial charge in [-0.1, -0.05) is 24.3 Å². The zero-order chi connectivity index (χ0) is 20.2. The summed E-state index contributed by atoms with van der Waals surface area (Å²) in [5, 5.41) is 23.9. The van der Waals surface area contributed by atoms with E-state index in [0.29, 0.717) is 22.2 Å². The van der Waals surface area contributed by atoms with Crippen LogP contribution in [0.2, 0.25) is 0 Å². The SMILES string of the molecule is O=C(NN=Cc1cccc(O)c1O)c1cc(-c2cccnc2)nc2ccccc12. The molecule has 0 saturated carbocycles. The van der Waals surface area contributed by atoms with Gasteiger partial charge in [0.25, 0.3) is 5.91 Å². The number of nitrogens with one attached hydrogen (secondary N) is 1. The molecular formula is C22H16N4O3. The van der Waals surface area contributed by atoms with Crippen molar-refractivity contribution < 1.29 is 15.0 Å². The smallest absolute Gasteiger partial charge is 0.272 e. The van der Waals surface area contributed by atoms with Gasteiger partial charge in [0.15, 0.2) is 11.5 Å². The number of aromatic hydroxyl groups is 2. The first kappa shape index (κ1) is 18.1. The summed E-state index contributed by atoms with van der Waals surface area (Å²) in [7, 11) is 0. The van der Waals surface area contributed by atoms with Gasteiger partial charge in [-0.2, -0.15) is 5.10 Å². The molecule has 0 bridgehead atoms. The highest BCUT2D eigenvalue weighted by Crippen LogP contribution is 2.27. The topological polar surface area (TPSA) is 108 Å². The molecule has 1 amide bonds. The molecule has 0 unspecified atom stereocenters. The maximum absolute atomic E-state index is 12.8. The Balaban J connectivity index is 1.68. The van der Waals surface area contributed by atoms with Crippen molar-refractivity contribution in [1.82, 2.24) is 15.4 Å². The van der Waals surface area contributed by atoms with Gasteiger partial charge in [-0.05, 0) is 36.4 Å². The Labute approximate surface area is 166 Å². The number of amides is 1. The second-order valence-electron chi connectivity index (χ2n) is 6.23. The van der Waals surface area contributed by atoms with E-state index in [9.17, 15) is 15.0 Å². The fourth-order valence-electron chi connectivity index (χ4n) is 2.90. The van der Waals surface area contributed by atoms with Crippen molar-refractivity contribution in [2.75, 3.05) is 0 Å². The van der Waals surface area contributed by atoms with E-state index >= 15 is 0 Å². The lowest BCUT2D eigenvalue weighted by atomic mass is 10.0. The Kier molecular flexibility index (Phi) is 4.86. The Morgan fingerprint density at radius 2 is 1.90 bits per heavy atom. The minimum atomic E-state index is -0.426. The maximum atomic E-state index is 12.8. The molecule has 0 spiro atoms. The van der Waals surface area contributed by atoms with Crippen molar-refractivity contribution in [3.63, 3.8) is 0 Å². The van der Waals surface area contributed by atoms with Crippen molar-refractivity contribution in [2.45, 2.75) is 0 Å². The van der Waals surface area contributed by atoms with E-state index in [4.69, 9.17) is 0 Å². The summed E-state index contributed by atoms with van der Waals surface area (Å²) in [6, 6.07) is 17.2. The van der Waals surface area contributed by atoms with E-state index in [2.05, 4.69) is 20.5 Å². The van der Waals surface area contributed by atoms with Crippen molar-refractivity contribution in [3.8, 4) is 22.8 Å². The van der Waals surface area contributed by atoms with Crippen LogP contribution >= 0.6 is 0 Å². The van der Waals surface area contributed by atoms with Crippen LogP contribution in [0.4, 0.5) is 0 Å². The molecule has 0 aliphatic carbocycles. The summed E-state index contributed by atoms with van der Waals surface area (Å²) < 4.78 is 0. The van der Waals surface area contributed by atoms with E-state index in [1.54, 1.807) is 36.7 Å². The first-order valence-corrected chi connectivity index (χ1v) is 8.78. The number of hydrogen-bond donors (Lipinski definition) is 3. The van der Waals surface area contributed by atoms with Crippen LogP contribution in [0, 0.1) is 0 Å². The van der Waals surface area contributed by atoms with Crippen LogP contribution in [0.15, 0.2) is 78.2 Å². The van der Waals surface area contributed by atoms with Gasteiger partial charge >= 0.3 is 0 Å². The number of phenolic OH excluding ortho intramolecular Hbond substituents is 2. The Bertz CT molecular complexity index is 1220. The molecule has 0 fully saturated rings. The fourth-order valence-corrected chi connectivity index (χ4v) is 2.90. The van der Waals surface area contributed by atoms with Gasteiger partial charge in [-0.15, -0.1) is 0 Å². The number of benzene rings is 2. The number of hydrazone groups is 1. The molecule has 0 aliphatic rings.